The quantitative estimate of drug-likeness (QED) is 0.307. The Balaban J connectivity index is 0.00000220. The van der Waals surface area contributed by atoms with Gasteiger partial charge < -0.3 is 15.5 Å². The zero-order valence-corrected chi connectivity index (χ0v) is 16.1. The van der Waals surface area contributed by atoms with Crippen LogP contribution in [0.4, 0.5) is 0 Å². The van der Waals surface area contributed by atoms with Crippen molar-refractivity contribution in [2.24, 2.45) is 10.9 Å². The second-order valence-corrected chi connectivity index (χ2v) is 6.45. The van der Waals surface area contributed by atoms with Crippen LogP contribution in [0.5, 0.6) is 0 Å². The van der Waals surface area contributed by atoms with Crippen molar-refractivity contribution < 1.29 is 0 Å². The molecule has 0 bridgehead atoms. The summed E-state index contributed by atoms with van der Waals surface area (Å²) >= 11 is 0. The van der Waals surface area contributed by atoms with Crippen LogP contribution < -0.4 is 10.6 Å². The van der Waals surface area contributed by atoms with E-state index in [1.807, 2.05) is 7.05 Å². The van der Waals surface area contributed by atoms with Crippen molar-refractivity contribution in [3.63, 3.8) is 0 Å². The molecular weight excluding hydrogens is 375 g/mol. The van der Waals surface area contributed by atoms with Crippen molar-refractivity contribution in [1.29, 1.82) is 0 Å². The fourth-order valence-corrected chi connectivity index (χ4v) is 3.57. The fraction of sp³-hybridized carbons (Fsp3) is 0.938. The van der Waals surface area contributed by atoms with E-state index in [4.69, 9.17) is 0 Å². The highest BCUT2D eigenvalue weighted by molar-refractivity contribution is 14.0. The predicted molar refractivity (Wildman–Crippen MR) is 102 cm³/mol. The molecule has 1 unspecified atom stereocenters. The van der Waals surface area contributed by atoms with E-state index in [0.717, 1.165) is 25.0 Å². The first-order chi connectivity index (χ1) is 9.79. The van der Waals surface area contributed by atoms with Crippen LogP contribution in [0, 0.1) is 5.92 Å². The normalized spacial score (nSPS) is 24.1. The van der Waals surface area contributed by atoms with E-state index in [0.29, 0.717) is 6.04 Å². The lowest BCUT2D eigenvalue weighted by molar-refractivity contribution is 0.309. The number of guanidine groups is 1. The summed E-state index contributed by atoms with van der Waals surface area (Å²) < 4.78 is 0. The van der Waals surface area contributed by atoms with Crippen molar-refractivity contribution in [3.8, 4) is 0 Å². The molecule has 0 aromatic rings. The van der Waals surface area contributed by atoms with Gasteiger partial charge in [-0.05, 0) is 45.2 Å². The molecule has 1 aliphatic carbocycles. The van der Waals surface area contributed by atoms with Gasteiger partial charge in [-0.15, -0.1) is 24.0 Å². The van der Waals surface area contributed by atoms with Crippen molar-refractivity contribution in [2.75, 3.05) is 33.7 Å². The summed E-state index contributed by atoms with van der Waals surface area (Å²) in [6, 6.07) is 0.673. The molecule has 124 valence electrons. The Hall–Kier alpha value is -0.0400. The minimum atomic E-state index is 0. The number of hydrogen-bond donors (Lipinski definition) is 2. The van der Waals surface area contributed by atoms with Crippen LogP contribution in [0.2, 0.25) is 0 Å². The first kappa shape index (κ1) is 19.0. The highest BCUT2D eigenvalue weighted by Crippen LogP contribution is 2.28. The van der Waals surface area contributed by atoms with Crippen LogP contribution in [0.15, 0.2) is 4.99 Å². The van der Waals surface area contributed by atoms with E-state index in [1.165, 1.54) is 57.9 Å². The summed E-state index contributed by atoms with van der Waals surface area (Å²) in [6.45, 7) is 3.30. The smallest absolute Gasteiger partial charge is 0.191 e. The van der Waals surface area contributed by atoms with E-state index in [1.54, 1.807) is 0 Å². The zero-order chi connectivity index (χ0) is 14.2. The Morgan fingerprint density at radius 3 is 2.52 bits per heavy atom. The van der Waals surface area contributed by atoms with E-state index >= 15 is 0 Å². The monoisotopic (exact) mass is 408 g/mol. The number of halogens is 1. The van der Waals surface area contributed by atoms with Gasteiger partial charge in [0.1, 0.15) is 0 Å². The zero-order valence-electron chi connectivity index (χ0n) is 13.7. The molecule has 21 heavy (non-hydrogen) atoms. The van der Waals surface area contributed by atoms with Gasteiger partial charge in [-0.25, -0.2) is 0 Å². The number of aliphatic imine (C=N–C) groups is 1. The average molecular weight is 408 g/mol. The van der Waals surface area contributed by atoms with E-state index in [-0.39, 0.29) is 24.0 Å². The predicted octanol–water partition coefficient (Wildman–Crippen LogP) is 2.83. The summed E-state index contributed by atoms with van der Waals surface area (Å²) in [4.78, 5) is 6.76. The fourth-order valence-electron chi connectivity index (χ4n) is 3.57. The van der Waals surface area contributed by atoms with Crippen molar-refractivity contribution in [3.05, 3.63) is 0 Å². The molecule has 2 aliphatic rings. The number of rotatable bonds is 6. The summed E-state index contributed by atoms with van der Waals surface area (Å²) in [5.74, 6) is 1.97. The van der Waals surface area contributed by atoms with Gasteiger partial charge in [0.2, 0.25) is 0 Å². The molecule has 1 saturated heterocycles. The second-order valence-electron chi connectivity index (χ2n) is 6.45. The molecule has 2 N–H and O–H groups in total. The maximum atomic E-state index is 4.32. The molecule has 0 radical (unpaired) electrons. The van der Waals surface area contributed by atoms with Gasteiger partial charge in [-0.1, -0.05) is 25.7 Å². The largest absolute Gasteiger partial charge is 0.356 e. The van der Waals surface area contributed by atoms with Crippen LogP contribution in [0.1, 0.15) is 51.4 Å². The summed E-state index contributed by atoms with van der Waals surface area (Å²) in [5, 5.41) is 6.92. The third-order valence-corrected chi connectivity index (χ3v) is 4.96. The Labute approximate surface area is 147 Å². The van der Waals surface area contributed by atoms with Gasteiger partial charge in [0.15, 0.2) is 5.96 Å². The third-order valence-electron chi connectivity index (χ3n) is 4.96. The minimum Gasteiger partial charge on any atom is -0.356 e. The van der Waals surface area contributed by atoms with Crippen LogP contribution in [-0.4, -0.2) is 50.6 Å². The van der Waals surface area contributed by atoms with Crippen molar-refractivity contribution in [1.82, 2.24) is 15.5 Å². The standard InChI is InChI=1S/C16H32N4.HI/c1-17-16(19-13-15-10-6-12-20(15)2)18-11-5-9-14-7-3-4-8-14;/h14-15H,3-13H2,1-2H3,(H2,17,18,19);1H. The second kappa shape index (κ2) is 10.6. The molecule has 1 heterocycles. The van der Waals surface area contributed by atoms with Crippen LogP contribution in [-0.2, 0) is 0 Å². The van der Waals surface area contributed by atoms with Gasteiger partial charge in [0, 0.05) is 26.2 Å². The lowest BCUT2D eigenvalue weighted by atomic mass is 10.0. The molecule has 0 aromatic heterocycles. The topological polar surface area (TPSA) is 39.7 Å². The Bertz CT molecular complexity index is 303. The number of likely N-dealkylation sites (N-methyl/N-ethyl adjacent to an activating group) is 1. The molecule has 0 amide bonds. The number of hydrogen-bond acceptors (Lipinski definition) is 2. The lowest BCUT2D eigenvalue weighted by Gasteiger charge is -2.21. The van der Waals surface area contributed by atoms with Crippen molar-refractivity contribution in [2.45, 2.75) is 57.4 Å². The molecule has 5 heteroatoms. The van der Waals surface area contributed by atoms with Crippen LogP contribution in [0.3, 0.4) is 0 Å². The first-order valence-electron chi connectivity index (χ1n) is 8.44. The SMILES string of the molecule is CN=C(NCCCC1CCCC1)NCC1CCCN1C.I. The first-order valence-corrected chi connectivity index (χ1v) is 8.44. The molecule has 1 aliphatic heterocycles. The Morgan fingerprint density at radius 2 is 1.90 bits per heavy atom. The van der Waals surface area contributed by atoms with Gasteiger partial charge in [0.05, 0.1) is 0 Å². The molecular formula is C16H33IN4. The maximum Gasteiger partial charge on any atom is 0.191 e. The van der Waals surface area contributed by atoms with Gasteiger partial charge in [0.25, 0.3) is 0 Å². The van der Waals surface area contributed by atoms with E-state index < -0.39 is 0 Å². The highest BCUT2D eigenvalue weighted by Gasteiger charge is 2.20. The molecule has 0 spiro atoms. The lowest BCUT2D eigenvalue weighted by Crippen LogP contribution is -2.44. The third kappa shape index (κ3) is 6.72. The van der Waals surface area contributed by atoms with Gasteiger partial charge in [-0.2, -0.15) is 0 Å². The number of likely N-dealkylation sites (tertiary alicyclic amines) is 1. The Morgan fingerprint density at radius 1 is 1.14 bits per heavy atom. The van der Waals surface area contributed by atoms with E-state index in [2.05, 4.69) is 27.6 Å². The minimum absolute atomic E-state index is 0. The maximum absolute atomic E-state index is 4.32. The molecule has 4 nitrogen and oxygen atoms in total. The van der Waals surface area contributed by atoms with Gasteiger partial charge in [-0.3, -0.25) is 4.99 Å². The molecule has 2 rings (SSSR count). The van der Waals surface area contributed by atoms with E-state index in [9.17, 15) is 0 Å². The van der Waals surface area contributed by atoms with Crippen molar-refractivity contribution >= 4 is 29.9 Å². The summed E-state index contributed by atoms with van der Waals surface area (Å²) in [6.07, 6.45) is 11.1. The number of nitrogens with one attached hydrogen (secondary N) is 2. The summed E-state index contributed by atoms with van der Waals surface area (Å²) in [5.41, 5.74) is 0. The Kier molecular flexibility index (Phi) is 9.64. The average Bonchev–Trinajstić information content (AvgIpc) is 3.10. The summed E-state index contributed by atoms with van der Waals surface area (Å²) in [7, 11) is 4.09. The van der Waals surface area contributed by atoms with Crippen LogP contribution >= 0.6 is 24.0 Å². The highest BCUT2D eigenvalue weighted by atomic mass is 127. The molecule has 2 fully saturated rings. The molecule has 1 saturated carbocycles. The number of nitrogens with zero attached hydrogens (tertiary/aromatic N) is 2. The van der Waals surface area contributed by atoms with Crippen LogP contribution in [0.25, 0.3) is 0 Å². The molecule has 1 atom stereocenters. The van der Waals surface area contributed by atoms with Gasteiger partial charge >= 0.3 is 0 Å². The molecule has 0 aromatic carbocycles.